The number of hydrogen-bond acceptors (Lipinski definition) is 4. The van der Waals surface area contributed by atoms with Crippen LogP contribution in [-0.4, -0.2) is 46.8 Å². The minimum absolute atomic E-state index is 0.160. The van der Waals surface area contributed by atoms with Crippen molar-refractivity contribution in [3.63, 3.8) is 0 Å². The van der Waals surface area contributed by atoms with E-state index in [1.807, 2.05) is 20.8 Å². The quantitative estimate of drug-likeness (QED) is 0.894. The molecule has 114 valence electrons. The van der Waals surface area contributed by atoms with Gasteiger partial charge in [0.2, 0.25) is 0 Å². The number of rotatable bonds is 3. The standard InChI is InChI=1S/C15H20N2O4/c1-15(2,3)21-14(20)17-8-12(9-17)16-11-6-4-10(5-7-11)13(18)19/h4-7,12,16H,8-9H2,1-3H3,(H,18,19). The summed E-state index contributed by atoms with van der Waals surface area (Å²) in [6.07, 6.45) is -0.304. The second-order valence-electron chi connectivity index (χ2n) is 6.11. The Bertz CT molecular complexity index is 528. The van der Waals surface area contributed by atoms with E-state index in [0.29, 0.717) is 13.1 Å². The van der Waals surface area contributed by atoms with Gasteiger partial charge in [-0.05, 0) is 45.0 Å². The SMILES string of the molecule is CC(C)(C)OC(=O)N1CC(Nc2ccc(C(=O)O)cc2)C1. The topological polar surface area (TPSA) is 78.9 Å². The van der Waals surface area contributed by atoms with E-state index in [4.69, 9.17) is 9.84 Å². The van der Waals surface area contributed by atoms with Crippen LogP contribution in [0.25, 0.3) is 0 Å². The van der Waals surface area contributed by atoms with Crippen LogP contribution in [0.4, 0.5) is 10.5 Å². The van der Waals surface area contributed by atoms with E-state index < -0.39 is 11.6 Å². The summed E-state index contributed by atoms with van der Waals surface area (Å²) >= 11 is 0. The fourth-order valence-electron chi connectivity index (χ4n) is 1.99. The zero-order valence-electron chi connectivity index (χ0n) is 12.4. The molecule has 0 aliphatic carbocycles. The average Bonchev–Trinajstić information content (AvgIpc) is 2.31. The van der Waals surface area contributed by atoms with Crippen LogP contribution in [0, 0.1) is 0 Å². The number of anilines is 1. The number of nitrogens with zero attached hydrogens (tertiary/aromatic N) is 1. The highest BCUT2D eigenvalue weighted by molar-refractivity contribution is 5.88. The van der Waals surface area contributed by atoms with E-state index in [9.17, 15) is 9.59 Å². The average molecular weight is 292 g/mol. The lowest BCUT2D eigenvalue weighted by molar-refractivity contribution is 0.0105. The van der Waals surface area contributed by atoms with Gasteiger partial charge in [-0.2, -0.15) is 0 Å². The van der Waals surface area contributed by atoms with Crippen molar-refractivity contribution in [3.8, 4) is 0 Å². The van der Waals surface area contributed by atoms with E-state index >= 15 is 0 Å². The first kappa shape index (κ1) is 15.2. The van der Waals surface area contributed by atoms with Crippen LogP contribution in [0.1, 0.15) is 31.1 Å². The van der Waals surface area contributed by atoms with E-state index in [1.54, 1.807) is 29.2 Å². The van der Waals surface area contributed by atoms with Gasteiger partial charge in [0.25, 0.3) is 0 Å². The molecule has 1 amide bonds. The maximum absolute atomic E-state index is 11.8. The lowest BCUT2D eigenvalue weighted by atomic mass is 10.1. The molecule has 1 fully saturated rings. The van der Waals surface area contributed by atoms with Gasteiger partial charge >= 0.3 is 12.1 Å². The maximum atomic E-state index is 11.8. The molecule has 1 aromatic carbocycles. The number of carboxylic acids is 1. The fourth-order valence-corrected chi connectivity index (χ4v) is 1.99. The second-order valence-corrected chi connectivity index (χ2v) is 6.11. The first-order chi connectivity index (χ1) is 9.74. The summed E-state index contributed by atoms with van der Waals surface area (Å²) in [6, 6.07) is 6.71. The molecule has 1 aliphatic rings. The van der Waals surface area contributed by atoms with Crippen LogP contribution >= 0.6 is 0 Å². The Morgan fingerprint density at radius 2 is 1.81 bits per heavy atom. The zero-order chi connectivity index (χ0) is 15.6. The molecule has 2 N–H and O–H groups in total. The lowest BCUT2D eigenvalue weighted by Crippen LogP contribution is -2.57. The van der Waals surface area contributed by atoms with Crippen LogP contribution in [0.5, 0.6) is 0 Å². The normalized spacial score (nSPS) is 15.3. The molecule has 1 saturated heterocycles. The summed E-state index contributed by atoms with van der Waals surface area (Å²) in [5.41, 5.74) is 0.612. The van der Waals surface area contributed by atoms with Crippen molar-refractivity contribution < 1.29 is 19.4 Å². The van der Waals surface area contributed by atoms with Crippen molar-refractivity contribution in [1.82, 2.24) is 4.90 Å². The maximum Gasteiger partial charge on any atom is 0.410 e. The molecular weight excluding hydrogens is 272 g/mol. The molecule has 0 atom stereocenters. The Labute approximate surface area is 123 Å². The van der Waals surface area contributed by atoms with E-state index in [1.165, 1.54) is 0 Å². The molecule has 0 radical (unpaired) electrons. The number of likely N-dealkylation sites (tertiary alicyclic amines) is 1. The second kappa shape index (κ2) is 5.63. The molecular formula is C15H20N2O4. The Balaban J connectivity index is 1.80. The third-order valence-corrected chi connectivity index (χ3v) is 3.04. The number of hydrogen-bond donors (Lipinski definition) is 2. The van der Waals surface area contributed by atoms with Crippen LogP contribution in [-0.2, 0) is 4.74 Å². The molecule has 0 spiro atoms. The van der Waals surface area contributed by atoms with Crippen molar-refractivity contribution >= 4 is 17.7 Å². The molecule has 21 heavy (non-hydrogen) atoms. The minimum Gasteiger partial charge on any atom is -0.478 e. The molecule has 1 aromatic rings. The number of carbonyl (C=O) groups excluding carboxylic acids is 1. The monoisotopic (exact) mass is 292 g/mol. The summed E-state index contributed by atoms with van der Waals surface area (Å²) in [6.45, 7) is 6.67. The van der Waals surface area contributed by atoms with Crippen LogP contribution < -0.4 is 5.32 Å². The number of aromatic carboxylic acids is 1. The van der Waals surface area contributed by atoms with Gasteiger partial charge in [0, 0.05) is 18.8 Å². The Morgan fingerprint density at radius 1 is 1.24 bits per heavy atom. The number of benzene rings is 1. The smallest absolute Gasteiger partial charge is 0.410 e. The van der Waals surface area contributed by atoms with Gasteiger partial charge in [-0.1, -0.05) is 0 Å². The predicted octanol–water partition coefficient (Wildman–Crippen LogP) is 2.42. The third kappa shape index (κ3) is 4.11. The fraction of sp³-hybridized carbons (Fsp3) is 0.467. The van der Waals surface area contributed by atoms with Crippen LogP contribution in [0.3, 0.4) is 0 Å². The van der Waals surface area contributed by atoms with Gasteiger partial charge in [0.05, 0.1) is 11.6 Å². The Kier molecular flexibility index (Phi) is 4.06. The first-order valence-electron chi connectivity index (χ1n) is 6.82. The zero-order valence-corrected chi connectivity index (χ0v) is 12.4. The molecule has 0 aromatic heterocycles. The Hall–Kier alpha value is -2.24. The summed E-state index contributed by atoms with van der Waals surface area (Å²) in [7, 11) is 0. The van der Waals surface area contributed by atoms with Gasteiger partial charge in [-0.25, -0.2) is 9.59 Å². The molecule has 0 saturated carbocycles. The lowest BCUT2D eigenvalue weighted by Gasteiger charge is -2.40. The highest BCUT2D eigenvalue weighted by Crippen LogP contribution is 2.19. The summed E-state index contributed by atoms with van der Waals surface area (Å²) in [5, 5.41) is 12.1. The number of ether oxygens (including phenoxy) is 1. The third-order valence-electron chi connectivity index (χ3n) is 3.04. The molecule has 6 heteroatoms. The predicted molar refractivity (Wildman–Crippen MR) is 78.6 cm³/mol. The van der Waals surface area contributed by atoms with Gasteiger partial charge in [-0.3, -0.25) is 0 Å². The summed E-state index contributed by atoms with van der Waals surface area (Å²) in [5.74, 6) is -0.943. The van der Waals surface area contributed by atoms with Gasteiger partial charge in [0.15, 0.2) is 0 Å². The number of carbonyl (C=O) groups is 2. The molecule has 1 heterocycles. The van der Waals surface area contributed by atoms with Crippen LogP contribution in [0.15, 0.2) is 24.3 Å². The number of carboxylic acid groups (broad SMARTS) is 1. The summed E-state index contributed by atoms with van der Waals surface area (Å²) < 4.78 is 5.28. The molecule has 6 nitrogen and oxygen atoms in total. The molecule has 2 rings (SSSR count). The number of nitrogens with one attached hydrogen (secondary N) is 1. The van der Waals surface area contributed by atoms with Crippen molar-refractivity contribution in [2.45, 2.75) is 32.4 Å². The molecule has 1 aliphatic heterocycles. The Morgan fingerprint density at radius 3 is 2.29 bits per heavy atom. The molecule has 0 bridgehead atoms. The van der Waals surface area contributed by atoms with Crippen molar-refractivity contribution in [3.05, 3.63) is 29.8 Å². The van der Waals surface area contributed by atoms with E-state index in [-0.39, 0.29) is 17.7 Å². The van der Waals surface area contributed by atoms with Gasteiger partial charge in [-0.15, -0.1) is 0 Å². The van der Waals surface area contributed by atoms with Crippen molar-refractivity contribution in [2.24, 2.45) is 0 Å². The minimum atomic E-state index is -0.943. The molecule has 0 unspecified atom stereocenters. The number of amides is 1. The largest absolute Gasteiger partial charge is 0.478 e. The van der Waals surface area contributed by atoms with E-state index in [0.717, 1.165) is 5.69 Å². The van der Waals surface area contributed by atoms with Crippen LogP contribution in [0.2, 0.25) is 0 Å². The van der Waals surface area contributed by atoms with Gasteiger partial charge < -0.3 is 20.1 Å². The summed E-state index contributed by atoms with van der Waals surface area (Å²) in [4.78, 5) is 24.2. The van der Waals surface area contributed by atoms with Gasteiger partial charge in [0.1, 0.15) is 5.60 Å². The van der Waals surface area contributed by atoms with Crippen molar-refractivity contribution in [1.29, 1.82) is 0 Å². The van der Waals surface area contributed by atoms with Crippen molar-refractivity contribution in [2.75, 3.05) is 18.4 Å². The first-order valence-corrected chi connectivity index (χ1v) is 6.82. The highest BCUT2D eigenvalue weighted by atomic mass is 16.6. The van der Waals surface area contributed by atoms with E-state index in [2.05, 4.69) is 5.32 Å². The highest BCUT2D eigenvalue weighted by Gasteiger charge is 2.33.